The number of carbonyl (C=O) groups is 4. The molecule has 0 bridgehead atoms. The van der Waals surface area contributed by atoms with Crippen LogP contribution in [0.25, 0.3) is 0 Å². The molecule has 5 amide bonds. The Morgan fingerprint density at radius 1 is 0.895 bits per heavy atom. The van der Waals surface area contributed by atoms with Crippen molar-refractivity contribution in [3.05, 3.63) is 29.8 Å². The molecule has 0 fully saturated rings. The van der Waals surface area contributed by atoms with Gasteiger partial charge in [-0.1, -0.05) is 39.8 Å². The maximum absolute atomic E-state index is 13.2. The van der Waals surface area contributed by atoms with Gasteiger partial charge in [0.2, 0.25) is 17.7 Å². The molecule has 0 saturated heterocycles. The monoisotopic (exact) mass is 534 g/mol. The number of urea groups is 1. The lowest BCUT2D eigenvalue weighted by Gasteiger charge is -2.25. The summed E-state index contributed by atoms with van der Waals surface area (Å²) in [6.45, 7) is 9.36. The minimum atomic E-state index is -0.879. The number of ether oxygens (including phenoxy) is 1. The first-order chi connectivity index (χ1) is 18.0. The number of unbranched alkanes of at least 4 members (excludes halogenated alkanes) is 1. The summed E-state index contributed by atoms with van der Waals surface area (Å²) in [5, 5.41) is 14.2. The largest absolute Gasteiger partial charge is 0.380 e. The fraction of sp³-hybridized carbons (Fsp3) is 0.630. The molecule has 0 aliphatic carbocycles. The van der Waals surface area contributed by atoms with Gasteiger partial charge in [-0.2, -0.15) is 0 Å². The van der Waals surface area contributed by atoms with Crippen LogP contribution in [0.15, 0.2) is 24.3 Å². The Morgan fingerprint density at radius 2 is 1.58 bits per heavy atom. The van der Waals surface area contributed by atoms with Crippen molar-refractivity contribution < 1.29 is 23.9 Å². The quantitative estimate of drug-likeness (QED) is 0.158. The van der Waals surface area contributed by atoms with Gasteiger partial charge in [0.15, 0.2) is 0 Å². The molecule has 1 unspecified atom stereocenters. The molecule has 0 heterocycles. The van der Waals surface area contributed by atoms with Crippen LogP contribution in [0.4, 0.5) is 10.5 Å². The van der Waals surface area contributed by atoms with Gasteiger partial charge in [0.05, 0.1) is 6.61 Å². The summed E-state index contributed by atoms with van der Waals surface area (Å²) in [7, 11) is 1.61. The van der Waals surface area contributed by atoms with Gasteiger partial charge in [0, 0.05) is 31.8 Å². The number of carbonyl (C=O) groups excluding carboxylic acids is 4. The lowest BCUT2D eigenvalue weighted by molar-refractivity contribution is -0.132. The van der Waals surface area contributed by atoms with Crippen LogP contribution >= 0.6 is 0 Å². The van der Waals surface area contributed by atoms with Crippen molar-refractivity contribution in [3.8, 4) is 0 Å². The minimum Gasteiger partial charge on any atom is -0.380 e. The maximum atomic E-state index is 13.2. The Balaban J connectivity index is 2.80. The average molecular weight is 535 g/mol. The lowest BCUT2D eigenvalue weighted by Crippen LogP contribution is -2.54. The van der Waals surface area contributed by atoms with E-state index < -0.39 is 29.9 Å². The van der Waals surface area contributed by atoms with E-state index in [1.165, 1.54) is 0 Å². The first kappa shape index (κ1) is 32.8. The summed E-state index contributed by atoms with van der Waals surface area (Å²) in [4.78, 5) is 49.8. The molecule has 214 valence electrons. The van der Waals surface area contributed by atoms with Gasteiger partial charge in [0.1, 0.15) is 12.1 Å². The normalized spacial score (nSPS) is 12.6. The zero-order valence-corrected chi connectivity index (χ0v) is 23.4. The van der Waals surface area contributed by atoms with E-state index >= 15 is 0 Å². The number of anilines is 1. The van der Waals surface area contributed by atoms with Crippen LogP contribution in [-0.2, 0) is 25.7 Å². The van der Waals surface area contributed by atoms with E-state index in [4.69, 9.17) is 10.5 Å². The van der Waals surface area contributed by atoms with Crippen molar-refractivity contribution in [2.75, 3.05) is 25.5 Å². The molecule has 1 aromatic carbocycles. The lowest BCUT2D eigenvalue weighted by atomic mass is 10.0. The molecule has 1 rings (SSSR count). The van der Waals surface area contributed by atoms with E-state index in [9.17, 15) is 19.2 Å². The number of benzene rings is 1. The number of rotatable bonds is 18. The molecule has 0 radical (unpaired) electrons. The van der Waals surface area contributed by atoms with Gasteiger partial charge in [-0.05, 0) is 55.8 Å². The van der Waals surface area contributed by atoms with Crippen molar-refractivity contribution in [1.82, 2.24) is 21.3 Å². The molecule has 0 saturated carbocycles. The Labute approximate surface area is 226 Å². The molecule has 38 heavy (non-hydrogen) atoms. The summed E-state index contributed by atoms with van der Waals surface area (Å²) in [6.07, 6.45) is 2.56. The maximum Gasteiger partial charge on any atom is 0.312 e. The van der Waals surface area contributed by atoms with E-state index in [1.807, 2.05) is 26.0 Å². The summed E-state index contributed by atoms with van der Waals surface area (Å²) < 4.78 is 5.11. The summed E-state index contributed by atoms with van der Waals surface area (Å²) in [5.74, 6) is -1.22. The van der Waals surface area contributed by atoms with E-state index in [1.54, 1.807) is 19.2 Å². The van der Waals surface area contributed by atoms with Crippen LogP contribution in [0.5, 0.6) is 0 Å². The van der Waals surface area contributed by atoms with Gasteiger partial charge in [-0.25, -0.2) is 4.79 Å². The molecular formula is C27H46N6O5. The summed E-state index contributed by atoms with van der Waals surface area (Å²) in [6, 6.07) is 5.26. The number of amides is 5. The van der Waals surface area contributed by atoms with Crippen molar-refractivity contribution in [2.45, 2.75) is 84.5 Å². The smallest absolute Gasteiger partial charge is 0.312 e. The Kier molecular flexibility index (Phi) is 15.7. The first-order valence-electron chi connectivity index (χ1n) is 13.3. The molecule has 0 aliphatic rings. The number of primary amides is 1. The van der Waals surface area contributed by atoms with Gasteiger partial charge >= 0.3 is 6.03 Å². The zero-order chi connectivity index (χ0) is 28.5. The third-order valence-electron chi connectivity index (χ3n) is 5.78. The van der Waals surface area contributed by atoms with Crippen LogP contribution in [-0.4, -0.2) is 62.1 Å². The molecule has 0 aromatic heterocycles. The third kappa shape index (κ3) is 13.9. The molecule has 2 atom stereocenters. The van der Waals surface area contributed by atoms with Crippen LogP contribution in [0.1, 0.15) is 65.4 Å². The molecule has 11 nitrogen and oxygen atoms in total. The van der Waals surface area contributed by atoms with Crippen molar-refractivity contribution in [3.63, 3.8) is 0 Å². The summed E-state index contributed by atoms with van der Waals surface area (Å²) in [5.41, 5.74) is 6.65. The van der Waals surface area contributed by atoms with Gasteiger partial charge in [-0.15, -0.1) is 0 Å². The van der Waals surface area contributed by atoms with Crippen LogP contribution in [0.2, 0.25) is 0 Å². The number of methoxy groups -OCH3 is 1. The standard InChI is InChI=1S/C27H46N6O5/c1-18(2)24(33-23(34)10-6-7-15-29-19(3)4)26(36)32-22(9-8-16-30-27(28)37)25(35)31-21-13-11-20(12-14-21)17-38-5/h11-14,18-19,22,24,29H,6-10,15-17H2,1-5H3,(H,31,35)(H,32,36)(H,33,34)(H3,28,30,37)/t22-,24?/m0/s1. The fourth-order valence-corrected chi connectivity index (χ4v) is 3.71. The predicted molar refractivity (Wildman–Crippen MR) is 148 cm³/mol. The highest BCUT2D eigenvalue weighted by Crippen LogP contribution is 2.12. The second kappa shape index (κ2) is 18.1. The van der Waals surface area contributed by atoms with E-state index in [0.29, 0.717) is 37.6 Å². The molecule has 0 spiro atoms. The summed E-state index contributed by atoms with van der Waals surface area (Å²) >= 11 is 0. The van der Waals surface area contributed by atoms with Crippen molar-refractivity contribution in [1.29, 1.82) is 0 Å². The minimum absolute atomic E-state index is 0.185. The number of nitrogens with two attached hydrogens (primary N) is 1. The first-order valence-corrected chi connectivity index (χ1v) is 13.3. The highest BCUT2D eigenvalue weighted by atomic mass is 16.5. The second-order valence-electron chi connectivity index (χ2n) is 9.97. The Morgan fingerprint density at radius 3 is 2.16 bits per heavy atom. The molecule has 7 N–H and O–H groups in total. The zero-order valence-electron chi connectivity index (χ0n) is 23.4. The number of hydrogen-bond donors (Lipinski definition) is 6. The van der Waals surface area contributed by atoms with E-state index in [-0.39, 0.29) is 24.8 Å². The van der Waals surface area contributed by atoms with Crippen LogP contribution in [0.3, 0.4) is 0 Å². The molecule has 0 aliphatic heterocycles. The molecule has 11 heteroatoms. The SMILES string of the molecule is COCc1ccc(NC(=O)[C@H](CCCNC(N)=O)NC(=O)C(NC(=O)CCCCNC(C)C)C(C)C)cc1. The van der Waals surface area contributed by atoms with Gasteiger partial charge < -0.3 is 37.1 Å². The third-order valence-corrected chi connectivity index (χ3v) is 5.78. The average Bonchev–Trinajstić information content (AvgIpc) is 2.84. The second-order valence-corrected chi connectivity index (χ2v) is 9.97. The van der Waals surface area contributed by atoms with E-state index in [0.717, 1.165) is 18.5 Å². The Bertz CT molecular complexity index is 875. The van der Waals surface area contributed by atoms with Gasteiger partial charge in [0.25, 0.3) is 0 Å². The van der Waals surface area contributed by atoms with Gasteiger partial charge in [-0.3, -0.25) is 14.4 Å². The van der Waals surface area contributed by atoms with Crippen LogP contribution < -0.4 is 32.3 Å². The fourth-order valence-electron chi connectivity index (χ4n) is 3.71. The highest BCUT2D eigenvalue weighted by Gasteiger charge is 2.28. The molecule has 1 aromatic rings. The van der Waals surface area contributed by atoms with Crippen molar-refractivity contribution >= 4 is 29.4 Å². The van der Waals surface area contributed by atoms with Crippen LogP contribution in [0, 0.1) is 5.92 Å². The van der Waals surface area contributed by atoms with Crippen molar-refractivity contribution in [2.24, 2.45) is 11.7 Å². The topological polar surface area (TPSA) is 164 Å². The predicted octanol–water partition coefficient (Wildman–Crippen LogP) is 2.01. The molecular weight excluding hydrogens is 488 g/mol. The highest BCUT2D eigenvalue weighted by molar-refractivity contribution is 5.98. The number of hydrogen-bond acceptors (Lipinski definition) is 6. The van der Waals surface area contributed by atoms with E-state index in [2.05, 4.69) is 40.4 Å². The number of nitrogens with one attached hydrogen (secondary N) is 5. The Hall–Kier alpha value is -3.18.